The molecule has 16 heavy (non-hydrogen) atoms. The van der Waals surface area contributed by atoms with Crippen molar-refractivity contribution in [2.24, 2.45) is 5.73 Å². The zero-order chi connectivity index (χ0) is 11.5. The van der Waals surface area contributed by atoms with E-state index in [-0.39, 0.29) is 12.3 Å². The summed E-state index contributed by atoms with van der Waals surface area (Å²) in [6.45, 7) is 0.481. The van der Waals surface area contributed by atoms with Crippen molar-refractivity contribution < 1.29 is 4.79 Å². The predicted molar refractivity (Wildman–Crippen MR) is 66.3 cm³/mol. The molecule has 5 N–H and O–H groups in total. The van der Waals surface area contributed by atoms with E-state index >= 15 is 0 Å². The molecule has 1 heterocycles. The monoisotopic (exact) mass is 236 g/mol. The Morgan fingerprint density at radius 3 is 3.06 bits per heavy atom. The molecule has 0 unspecified atom stereocenters. The van der Waals surface area contributed by atoms with Gasteiger partial charge in [0.1, 0.15) is 5.52 Å². The topological polar surface area (TPSA) is 94.0 Å². The molecule has 0 saturated heterocycles. The van der Waals surface area contributed by atoms with E-state index in [4.69, 9.17) is 11.5 Å². The van der Waals surface area contributed by atoms with Crippen molar-refractivity contribution in [3.8, 4) is 0 Å². The maximum absolute atomic E-state index is 10.6. The van der Waals surface area contributed by atoms with Gasteiger partial charge in [0.15, 0.2) is 0 Å². The maximum atomic E-state index is 10.6. The molecule has 0 aliphatic heterocycles. The second-order valence-electron chi connectivity index (χ2n) is 3.37. The first-order chi connectivity index (χ1) is 7.68. The minimum Gasteiger partial charge on any atom is -0.395 e. The molecule has 5 nitrogen and oxygen atoms in total. The van der Waals surface area contributed by atoms with Gasteiger partial charge in [0.2, 0.25) is 5.91 Å². The van der Waals surface area contributed by atoms with E-state index in [1.165, 1.54) is 0 Å². The van der Waals surface area contributed by atoms with Gasteiger partial charge in [-0.15, -0.1) is 11.3 Å². The first kappa shape index (κ1) is 10.7. The number of hydrogen-bond donors (Lipinski definition) is 3. The fourth-order valence-corrected chi connectivity index (χ4v) is 2.12. The highest BCUT2D eigenvalue weighted by Gasteiger charge is 2.06. The smallest absolute Gasteiger partial charge is 0.219 e. The first-order valence-electron chi connectivity index (χ1n) is 4.82. The lowest BCUT2D eigenvalue weighted by Gasteiger charge is -2.08. The van der Waals surface area contributed by atoms with Crippen molar-refractivity contribution in [2.75, 3.05) is 17.6 Å². The number of carbonyl (C=O) groups is 1. The Morgan fingerprint density at radius 1 is 1.50 bits per heavy atom. The summed E-state index contributed by atoms with van der Waals surface area (Å²) in [7, 11) is 0. The van der Waals surface area contributed by atoms with Crippen LogP contribution in [0.15, 0.2) is 17.6 Å². The van der Waals surface area contributed by atoms with E-state index in [1.807, 2.05) is 12.1 Å². The molecule has 0 bridgehead atoms. The number of fused-ring (bicyclic) bond motifs is 1. The molecular weight excluding hydrogens is 224 g/mol. The van der Waals surface area contributed by atoms with Crippen molar-refractivity contribution in [1.29, 1.82) is 0 Å². The third-order valence-electron chi connectivity index (χ3n) is 2.23. The Hall–Kier alpha value is -1.82. The standard InChI is InChI=1S/C10H12N4OS/c11-8(15)3-4-13-6-1-2-7-10(9(6)12)14-5-16-7/h1-2,5,13H,3-4,12H2,(H2,11,15). The van der Waals surface area contributed by atoms with Gasteiger partial charge >= 0.3 is 0 Å². The number of anilines is 2. The molecule has 84 valence electrons. The van der Waals surface area contributed by atoms with Crippen LogP contribution in [0.1, 0.15) is 6.42 Å². The minimum atomic E-state index is -0.333. The number of carbonyl (C=O) groups excluding carboxylic acids is 1. The molecule has 0 fully saturated rings. The van der Waals surface area contributed by atoms with Gasteiger partial charge in [-0.05, 0) is 12.1 Å². The third kappa shape index (κ3) is 2.06. The average molecular weight is 236 g/mol. The van der Waals surface area contributed by atoms with E-state index in [9.17, 15) is 4.79 Å². The summed E-state index contributed by atoms with van der Waals surface area (Å²) in [5, 5.41) is 3.06. The van der Waals surface area contributed by atoms with Crippen LogP contribution < -0.4 is 16.8 Å². The summed E-state index contributed by atoms with van der Waals surface area (Å²) in [6.07, 6.45) is 0.286. The number of rotatable bonds is 4. The third-order valence-corrected chi connectivity index (χ3v) is 3.02. The number of amides is 1. The largest absolute Gasteiger partial charge is 0.395 e. The maximum Gasteiger partial charge on any atom is 0.219 e. The molecule has 1 aromatic heterocycles. The molecule has 1 aromatic carbocycles. The van der Waals surface area contributed by atoms with Crippen LogP contribution >= 0.6 is 11.3 Å². The van der Waals surface area contributed by atoms with Gasteiger partial charge in [-0.3, -0.25) is 4.79 Å². The van der Waals surface area contributed by atoms with Crippen molar-refractivity contribution in [3.05, 3.63) is 17.6 Å². The average Bonchev–Trinajstić information content (AvgIpc) is 2.69. The summed E-state index contributed by atoms with van der Waals surface area (Å²) in [5.41, 5.74) is 15.0. The first-order valence-corrected chi connectivity index (χ1v) is 5.70. The lowest BCUT2D eigenvalue weighted by Crippen LogP contribution is -2.16. The van der Waals surface area contributed by atoms with Gasteiger partial charge in [0.25, 0.3) is 0 Å². The Morgan fingerprint density at radius 2 is 2.31 bits per heavy atom. The van der Waals surface area contributed by atoms with Gasteiger partial charge in [-0.1, -0.05) is 0 Å². The van der Waals surface area contributed by atoms with Crippen molar-refractivity contribution >= 4 is 38.8 Å². The summed E-state index contributed by atoms with van der Waals surface area (Å²) in [6, 6.07) is 3.84. The quantitative estimate of drug-likeness (QED) is 0.694. The Balaban J connectivity index is 2.17. The molecule has 0 radical (unpaired) electrons. The molecule has 2 aromatic rings. The molecule has 0 spiro atoms. The molecule has 6 heteroatoms. The Kier molecular flexibility index (Phi) is 2.91. The fourth-order valence-electron chi connectivity index (χ4n) is 1.43. The second kappa shape index (κ2) is 4.36. The Bertz CT molecular complexity index is 523. The van der Waals surface area contributed by atoms with Crippen LogP contribution in [0.25, 0.3) is 10.2 Å². The lowest BCUT2D eigenvalue weighted by atomic mass is 10.2. The van der Waals surface area contributed by atoms with E-state index in [2.05, 4.69) is 10.3 Å². The molecular formula is C10H12N4OS. The minimum absolute atomic E-state index is 0.286. The normalized spacial score (nSPS) is 10.5. The highest BCUT2D eigenvalue weighted by molar-refractivity contribution is 7.16. The number of nitrogen functional groups attached to an aromatic ring is 1. The van der Waals surface area contributed by atoms with Gasteiger partial charge < -0.3 is 16.8 Å². The van der Waals surface area contributed by atoms with Crippen LogP contribution in [-0.2, 0) is 4.79 Å². The number of aromatic nitrogens is 1. The van der Waals surface area contributed by atoms with Gasteiger partial charge in [-0.2, -0.15) is 0 Å². The van der Waals surface area contributed by atoms with Crippen molar-refractivity contribution in [3.63, 3.8) is 0 Å². The number of nitrogens with zero attached hydrogens (tertiary/aromatic N) is 1. The summed E-state index contributed by atoms with van der Waals surface area (Å²) in [5.74, 6) is -0.333. The van der Waals surface area contributed by atoms with Crippen LogP contribution in [0.4, 0.5) is 11.4 Å². The molecule has 1 amide bonds. The summed E-state index contributed by atoms with van der Waals surface area (Å²) < 4.78 is 1.05. The van der Waals surface area contributed by atoms with Crippen LogP contribution in [0.3, 0.4) is 0 Å². The van der Waals surface area contributed by atoms with E-state index in [0.29, 0.717) is 12.2 Å². The Labute approximate surface area is 96.5 Å². The number of nitrogens with one attached hydrogen (secondary N) is 1. The predicted octanol–water partition coefficient (Wildman–Crippen LogP) is 1.17. The number of nitrogens with two attached hydrogens (primary N) is 2. The highest BCUT2D eigenvalue weighted by atomic mass is 32.1. The van der Waals surface area contributed by atoms with Crippen LogP contribution in [0.2, 0.25) is 0 Å². The van der Waals surface area contributed by atoms with Gasteiger partial charge in [0, 0.05) is 13.0 Å². The van der Waals surface area contributed by atoms with Crippen molar-refractivity contribution in [2.45, 2.75) is 6.42 Å². The molecule has 0 atom stereocenters. The van der Waals surface area contributed by atoms with Crippen LogP contribution in [0.5, 0.6) is 0 Å². The van der Waals surface area contributed by atoms with E-state index in [1.54, 1.807) is 16.8 Å². The molecule has 2 rings (SSSR count). The van der Waals surface area contributed by atoms with Gasteiger partial charge in [-0.25, -0.2) is 4.98 Å². The van der Waals surface area contributed by atoms with Crippen LogP contribution in [0, 0.1) is 0 Å². The number of primary amides is 1. The van der Waals surface area contributed by atoms with Crippen LogP contribution in [-0.4, -0.2) is 17.4 Å². The molecule has 0 saturated carbocycles. The van der Waals surface area contributed by atoms with E-state index in [0.717, 1.165) is 15.9 Å². The molecule has 0 aliphatic carbocycles. The summed E-state index contributed by atoms with van der Waals surface area (Å²) >= 11 is 1.55. The second-order valence-corrected chi connectivity index (χ2v) is 4.26. The SMILES string of the molecule is NC(=O)CCNc1ccc2scnc2c1N. The highest BCUT2D eigenvalue weighted by Crippen LogP contribution is 2.29. The summed E-state index contributed by atoms with van der Waals surface area (Å²) in [4.78, 5) is 14.8. The van der Waals surface area contributed by atoms with Crippen molar-refractivity contribution in [1.82, 2.24) is 4.98 Å². The number of thiazole rings is 1. The zero-order valence-electron chi connectivity index (χ0n) is 8.56. The number of benzene rings is 1. The fraction of sp³-hybridized carbons (Fsp3) is 0.200. The zero-order valence-corrected chi connectivity index (χ0v) is 9.38. The van der Waals surface area contributed by atoms with E-state index < -0.39 is 0 Å². The lowest BCUT2D eigenvalue weighted by molar-refractivity contribution is -0.117. The molecule has 0 aliphatic rings. The van der Waals surface area contributed by atoms with Gasteiger partial charge in [0.05, 0.1) is 21.6 Å². The number of hydrogen-bond acceptors (Lipinski definition) is 5.